The Kier molecular flexibility index (Phi) is 3.14. The van der Waals surface area contributed by atoms with Crippen LogP contribution < -0.4 is 11.1 Å². The maximum atomic E-state index is 13.1. The second-order valence-corrected chi connectivity index (χ2v) is 4.83. The number of rotatable bonds is 2. The minimum Gasteiger partial charge on any atom is -0.397 e. The fourth-order valence-corrected chi connectivity index (χ4v) is 2.32. The molecule has 1 aliphatic carbocycles. The van der Waals surface area contributed by atoms with Crippen molar-refractivity contribution in [3.63, 3.8) is 0 Å². The molecule has 2 rings (SSSR count). The Labute approximate surface area is 97.2 Å². The number of nitrogens with one attached hydrogen (secondary N) is 1. The van der Waals surface area contributed by atoms with E-state index < -0.39 is 0 Å². The van der Waals surface area contributed by atoms with E-state index in [2.05, 4.69) is 21.2 Å². The van der Waals surface area contributed by atoms with Gasteiger partial charge in [-0.05, 0) is 34.8 Å². The van der Waals surface area contributed by atoms with Gasteiger partial charge in [-0.15, -0.1) is 0 Å². The van der Waals surface area contributed by atoms with Gasteiger partial charge in [0, 0.05) is 12.1 Å². The summed E-state index contributed by atoms with van der Waals surface area (Å²) in [5, 5.41) is 3.36. The van der Waals surface area contributed by atoms with Crippen LogP contribution in [0.1, 0.15) is 25.7 Å². The smallest absolute Gasteiger partial charge is 0.139 e. The van der Waals surface area contributed by atoms with Crippen molar-refractivity contribution in [2.24, 2.45) is 0 Å². The molecule has 3 N–H and O–H groups in total. The highest BCUT2D eigenvalue weighted by Gasteiger charge is 2.16. The Morgan fingerprint density at radius 3 is 2.67 bits per heavy atom. The van der Waals surface area contributed by atoms with Crippen LogP contribution in [-0.4, -0.2) is 6.04 Å². The number of nitrogen functional groups attached to an aromatic ring is 1. The van der Waals surface area contributed by atoms with Gasteiger partial charge in [0.1, 0.15) is 5.82 Å². The molecular weight excluding hydrogens is 259 g/mol. The zero-order valence-electron chi connectivity index (χ0n) is 8.39. The quantitative estimate of drug-likeness (QED) is 0.809. The average molecular weight is 273 g/mol. The van der Waals surface area contributed by atoms with E-state index in [0.717, 1.165) is 5.69 Å². The van der Waals surface area contributed by atoms with Crippen molar-refractivity contribution in [3.8, 4) is 0 Å². The first-order chi connectivity index (χ1) is 7.16. The molecule has 0 saturated heterocycles. The summed E-state index contributed by atoms with van der Waals surface area (Å²) < 4.78 is 13.6. The molecule has 0 atom stereocenters. The van der Waals surface area contributed by atoms with Crippen molar-refractivity contribution in [1.82, 2.24) is 0 Å². The predicted molar refractivity (Wildman–Crippen MR) is 64.4 cm³/mol. The molecule has 1 aliphatic rings. The van der Waals surface area contributed by atoms with Gasteiger partial charge < -0.3 is 11.1 Å². The highest BCUT2D eigenvalue weighted by atomic mass is 79.9. The average Bonchev–Trinajstić information content (AvgIpc) is 2.67. The lowest BCUT2D eigenvalue weighted by Gasteiger charge is -2.15. The molecule has 0 unspecified atom stereocenters. The summed E-state index contributed by atoms with van der Waals surface area (Å²) in [5.41, 5.74) is 7.05. The predicted octanol–water partition coefficient (Wildman–Crippen LogP) is 3.52. The Morgan fingerprint density at radius 1 is 1.33 bits per heavy atom. The molecule has 15 heavy (non-hydrogen) atoms. The van der Waals surface area contributed by atoms with E-state index in [-0.39, 0.29) is 5.82 Å². The number of nitrogens with two attached hydrogens (primary N) is 1. The highest BCUT2D eigenvalue weighted by Crippen LogP contribution is 2.29. The maximum absolute atomic E-state index is 13.1. The van der Waals surface area contributed by atoms with Gasteiger partial charge in [0.15, 0.2) is 0 Å². The molecule has 0 radical (unpaired) electrons. The SMILES string of the molecule is Nc1cc(F)c(Br)cc1NC1CCCC1. The first-order valence-electron chi connectivity index (χ1n) is 5.18. The van der Waals surface area contributed by atoms with E-state index in [0.29, 0.717) is 16.2 Å². The Hall–Kier alpha value is -0.770. The lowest BCUT2D eigenvalue weighted by atomic mass is 10.2. The van der Waals surface area contributed by atoms with Gasteiger partial charge in [-0.1, -0.05) is 12.8 Å². The summed E-state index contributed by atoms with van der Waals surface area (Å²) in [6.45, 7) is 0. The zero-order valence-corrected chi connectivity index (χ0v) is 9.98. The third-order valence-corrected chi connectivity index (χ3v) is 3.41. The van der Waals surface area contributed by atoms with Crippen molar-refractivity contribution in [2.75, 3.05) is 11.1 Å². The second kappa shape index (κ2) is 4.39. The highest BCUT2D eigenvalue weighted by molar-refractivity contribution is 9.10. The largest absolute Gasteiger partial charge is 0.397 e. The van der Waals surface area contributed by atoms with E-state index in [1.54, 1.807) is 6.07 Å². The van der Waals surface area contributed by atoms with Gasteiger partial charge in [-0.2, -0.15) is 0 Å². The monoisotopic (exact) mass is 272 g/mol. The molecule has 0 aliphatic heterocycles. The fourth-order valence-electron chi connectivity index (χ4n) is 1.98. The molecule has 1 aromatic rings. The van der Waals surface area contributed by atoms with Gasteiger partial charge in [-0.25, -0.2) is 4.39 Å². The van der Waals surface area contributed by atoms with E-state index in [4.69, 9.17) is 5.73 Å². The molecule has 0 spiro atoms. The van der Waals surface area contributed by atoms with Crippen LogP contribution in [-0.2, 0) is 0 Å². The first-order valence-corrected chi connectivity index (χ1v) is 5.97. The molecule has 0 bridgehead atoms. The van der Waals surface area contributed by atoms with Crippen LogP contribution in [0, 0.1) is 5.82 Å². The molecule has 0 aromatic heterocycles. The summed E-state index contributed by atoms with van der Waals surface area (Å²) in [7, 11) is 0. The van der Waals surface area contributed by atoms with Gasteiger partial charge in [0.2, 0.25) is 0 Å². The molecule has 2 nitrogen and oxygen atoms in total. The maximum Gasteiger partial charge on any atom is 0.139 e. The molecule has 0 heterocycles. The molecule has 0 amide bonds. The van der Waals surface area contributed by atoms with Gasteiger partial charge in [0.25, 0.3) is 0 Å². The number of benzene rings is 1. The van der Waals surface area contributed by atoms with Crippen LogP contribution in [0.15, 0.2) is 16.6 Å². The Bertz CT molecular complexity index is 362. The van der Waals surface area contributed by atoms with Gasteiger partial charge in [-0.3, -0.25) is 0 Å². The number of hydrogen-bond acceptors (Lipinski definition) is 2. The number of halogens is 2. The van der Waals surface area contributed by atoms with Crippen molar-refractivity contribution in [1.29, 1.82) is 0 Å². The summed E-state index contributed by atoms with van der Waals surface area (Å²) in [6, 6.07) is 3.55. The molecule has 1 aromatic carbocycles. The van der Waals surface area contributed by atoms with Crippen LogP contribution in [0.3, 0.4) is 0 Å². The second-order valence-electron chi connectivity index (χ2n) is 3.98. The standard InChI is InChI=1S/C11H14BrFN2/c12-8-5-11(10(14)6-9(8)13)15-7-3-1-2-4-7/h5-7,15H,1-4,14H2. The van der Waals surface area contributed by atoms with E-state index >= 15 is 0 Å². The van der Waals surface area contributed by atoms with Crippen LogP contribution in [0.2, 0.25) is 0 Å². The third kappa shape index (κ3) is 2.43. The minimum absolute atomic E-state index is 0.315. The minimum atomic E-state index is -0.315. The molecule has 82 valence electrons. The van der Waals surface area contributed by atoms with Crippen LogP contribution in [0.4, 0.5) is 15.8 Å². The van der Waals surface area contributed by atoms with E-state index in [9.17, 15) is 4.39 Å². The molecule has 1 saturated carbocycles. The molecule has 1 fully saturated rings. The number of anilines is 2. The van der Waals surface area contributed by atoms with Crippen molar-refractivity contribution in [2.45, 2.75) is 31.7 Å². The molecule has 4 heteroatoms. The van der Waals surface area contributed by atoms with Crippen LogP contribution in [0.25, 0.3) is 0 Å². The third-order valence-electron chi connectivity index (χ3n) is 2.81. The van der Waals surface area contributed by atoms with Crippen LogP contribution >= 0.6 is 15.9 Å². The van der Waals surface area contributed by atoms with Crippen molar-refractivity contribution < 1.29 is 4.39 Å². The first kappa shape index (κ1) is 10.7. The summed E-state index contributed by atoms with van der Waals surface area (Å²) in [6.07, 6.45) is 4.88. The molecular formula is C11H14BrFN2. The van der Waals surface area contributed by atoms with Gasteiger partial charge >= 0.3 is 0 Å². The topological polar surface area (TPSA) is 38.0 Å². The Balaban J connectivity index is 2.16. The number of hydrogen-bond donors (Lipinski definition) is 2. The summed E-state index contributed by atoms with van der Waals surface area (Å²) in [4.78, 5) is 0. The fraction of sp³-hybridized carbons (Fsp3) is 0.455. The summed E-state index contributed by atoms with van der Waals surface area (Å²) >= 11 is 3.16. The summed E-state index contributed by atoms with van der Waals surface area (Å²) in [5.74, 6) is -0.315. The van der Waals surface area contributed by atoms with E-state index in [1.807, 2.05) is 0 Å². The Morgan fingerprint density at radius 2 is 2.00 bits per heavy atom. The lowest BCUT2D eigenvalue weighted by Crippen LogP contribution is -2.15. The van der Waals surface area contributed by atoms with Gasteiger partial charge in [0.05, 0.1) is 15.8 Å². The zero-order chi connectivity index (χ0) is 10.8. The van der Waals surface area contributed by atoms with Crippen LogP contribution in [0.5, 0.6) is 0 Å². The van der Waals surface area contributed by atoms with Crippen molar-refractivity contribution in [3.05, 3.63) is 22.4 Å². The van der Waals surface area contributed by atoms with Crippen molar-refractivity contribution >= 4 is 27.3 Å². The normalized spacial score (nSPS) is 16.9. The lowest BCUT2D eigenvalue weighted by molar-refractivity contribution is 0.621. The van der Waals surface area contributed by atoms with E-state index in [1.165, 1.54) is 31.7 Å².